The van der Waals surface area contributed by atoms with Crippen LogP contribution < -0.4 is 9.47 Å². The van der Waals surface area contributed by atoms with Crippen LogP contribution in [0.4, 0.5) is 0 Å². The molecule has 7 nitrogen and oxygen atoms in total. The maximum atomic E-state index is 10.3. The Morgan fingerprint density at radius 1 is 1.10 bits per heavy atom. The number of hydrogen-bond acceptors (Lipinski definition) is 6. The molecule has 0 bridgehead atoms. The molecule has 30 heavy (non-hydrogen) atoms. The lowest BCUT2D eigenvalue weighted by atomic mass is 10.1. The zero-order valence-electron chi connectivity index (χ0n) is 19.5. The minimum atomic E-state index is -0.568. The monoisotopic (exact) mass is 418 g/mol. The Labute approximate surface area is 181 Å². The van der Waals surface area contributed by atoms with Gasteiger partial charge < -0.3 is 24.0 Å². The Morgan fingerprint density at radius 3 is 2.40 bits per heavy atom. The summed E-state index contributed by atoms with van der Waals surface area (Å²) in [7, 11) is 5.64. The molecule has 0 aliphatic heterocycles. The number of ether oxygens (including phenoxy) is 2. The second-order valence-electron chi connectivity index (χ2n) is 8.44. The van der Waals surface area contributed by atoms with Crippen LogP contribution in [-0.2, 0) is 20.1 Å². The fourth-order valence-electron chi connectivity index (χ4n) is 3.10. The molecular formula is C23H38N4O3. The molecule has 0 unspecified atom stereocenters. The van der Waals surface area contributed by atoms with E-state index < -0.39 is 6.10 Å². The fourth-order valence-corrected chi connectivity index (χ4v) is 3.10. The van der Waals surface area contributed by atoms with Crippen molar-refractivity contribution in [1.29, 1.82) is 0 Å². The van der Waals surface area contributed by atoms with E-state index >= 15 is 0 Å². The van der Waals surface area contributed by atoms with Gasteiger partial charge in [-0.3, -0.25) is 4.90 Å². The highest BCUT2D eigenvalue weighted by molar-refractivity contribution is 5.43. The molecular weight excluding hydrogens is 380 g/mol. The summed E-state index contributed by atoms with van der Waals surface area (Å²) in [6.45, 7) is 10.9. The standard InChI is InChI=1S/C23H38N4O3/c1-17(2)26(6)14-20(28)16-30-22-12-19(8-9-21(22)29-7)13-27(18(3)4)15-23-24-10-11-25(23)5/h8-12,17-18,20,28H,13-16H2,1-7H3/t20-/m0/s1. The summed E-state index contributed by atoms with van der Waals surface area (Å²) in [5.41, 5.74) is 1.13. The van der Waals surface area contributed by atoms with Crippen LogP contribution in [0.25, 0.3) is 0 Å². The van der Waals surface area contributed by atoms with Crippen molar-refractivity contribution in [3.8, 4) is 11.5 Å². The normalized spacial score (nSPS) is 12.9. The van der Waals surface area contributed by atoms with E-state index in [1.165, 1.54) is 0 Å². The Bertz CT molecular complexity index is 776. The SMILES string of the molecule is COc1ccc(CN(Cc2nccn2C)C(C)C)cc1OC[C@@H](O)CN(C)C(C)C. The van der Waals surface area contributed by atoms with Crippen LogP contribution in [0.15, 0.2) is 30.6 Å². The van der Waals surface area contributed by atoms with Crippen LogP contribution in [0, 0.1) is 0 Å². The average Bonchev–Trinajstić information content (AvgIpc) is 3.10. The number of aliphatic hydroxyl groups excluding tert-OH is 1. The highest BCUT2D eigenvalue weighted by atomic mass is 16.5. The first-order valence-corrected chi connectivity index (χ1v) is 10.6. The van der Waals surface area contributed by atoms with Gasteiger partial charge in [-0.15, -0.1) is 0 Å². The van der Waals surface area contributed by atoms with Crippen LogP contribution >= 0.6 is 0 Å². The van der Waals surface area contributed by atoms with Gasteiger partial charge in [-0.05, 0) is 52.4 Å². The van der Waals surface area contributed by atoms with E-state index in [4.69, 9.17) is 9.47 Å². The van der Waals surface area contributed by atoms with Crippen LogP contribution in [0.5, 0.6) is 11.5 Å². The summed E-state index contributed by atoms with van der Waals surface area (Å²) in [6.07, 6.45) is 3.23. The minimum absolute atomic E-state index is 0.220. The summed E-state index contributed by atoms with van der Waals surface area (Å²) < 4.78 is 13.5. The lowest BCUT2D eigenvalue weighted by Gasteiger charge is -2.27. The first-order valence-electron chi connectivity index (χ1n) is 10.6. The van der Waals surface area contributed by atoms with Crippen LogP contribution in [0.2, 0.25) is 0 Å². The second kappa shape index (κ2) is 11.3. The zero-order valence-corrected chi connectivity index (χ0v) is 19.5. The van der Waals surface area contributed by atoms with Gasteiger partial charge >= 0.3 is 0 Å². The first kappa shape index (κ1) is 24.2. The smallest absolute Gasteiger partial charge is 0.161 e. The number of likely N-dealkylation sites (N-methyl/N-ethyl adjacent to an activating group) is 1. The van der Waals surface area contributed by atoms with Gasteiger partial charge in [0.15, 0.2) is 11.5 Å². The van der Waals surface area contributed by atoms with E-state index in [1.54, 1.807) is 7.11 Å². The molecule has 0 fully saturated rings. The van der Waals surface area contributed by atoms with E-state index in [9.17, 15) is 5.11 Å². The third-order valence-electron chi connectivity index (χ3n) is 5.42. The molecule has 0 saturated carbocycles. The van der Waals surface area contributed by atoms with Crippen LogP contribution in [0.1, 0.15) is 39.1 Å². The molecule has 0 radical (unpaired) electrons. The largest absolute Gasteiger partial charge is 0.493 e. The predicted octanol–water partition coefficient (Wildman–Crippen LogP) is 2.92. The molecule has 0 aliphatic rings. The third-order valence-corrected chi connectivity index (χ3v) is 5.42. The molecule has 1 aromatic carbocycles. The molecule has 0 spiro atoms. The highest BCUT2D eigenvalue weighted by Gasteiger charge is 2.16. The molecule has 168 valence electrons. The molecule has 7 heteroatoms. The van der Waals surface area contributed by atoms with Gasteiger partial charge in [0.2, 0.25) is 0 Å². The van der Waals surface area contributed by atoms with Gasteiger partial charge in [0.05, 0.1) is 13.7 Å². The average molecular weight is 419 g/mol. The third kappa shape index (κ3) is 7.00. The van der Waals surface area contributed by atoms with Crippen molar-refractivity contribution in [2.75, 3.05) is 27.3 Å². The zero-order chi connectivity index (χ0) is 22.3. The second-order valence-corrected chi connectivity index (χ2v) is 8.44. The Kier molecular flexibility index (Phi) is 9.14. The Morgan fingerprint density at radius 2 is 1.83 bits per heavy atom. The number of aliphatic hydroxyl groups is 1. The molecule has 2 rings (SSSR count). The van der Waals surface area contributed by atoms with E-state index in [0.29, 0.717) is 30.1 Å². The first-order chi connectivity index (χ1) is 14.2. The van der Waals surface area contributed by atoms with E-state index in [0.717, 1.165) is 24.5 Å². The molecule has 2 aromatic rings. The molecule has 0 aliphatic carbocycles. The number of rotatable bonds is 12. The maximum absolute atomic E-state index is 10.3. The highest BCUT2D eigenvalue weighted by Crippen LogP contribution is 2.29. The van der Waals surface area contributed by atoms with Crippen molar-refractivity contribution in [3.05, 3.63) is 42.0 Å². The van der Waals surface area contributed by atoms with Gasteiger partial charge in [-0.2, -0.15) is 0 Å². The van der Waals surface area contributed by atoms with E-state index in [2.05, 4.69) is 48.5 Å². The number of aryl methyl sites for hydroxylation is 1. The quantitative estimate of drug-likeness (QED) is 0.572. The minimum Gasteiger partial charge on any atom is -0.493 e. The molecule has 0 amide bonds. The number of hydrogen-bond donors (Lipinski definition) is 1. The molecule has 1 N–H and O–H groups in total. The molecule has 1 atom stereocenters. The Balaban J connectivity index is 2.07. The molecule has 0 saturated heterocycles. The lowest BCUT2D eigenvalue weighted by molar-refractivity contribution is 0.0667. The summed E-state index contributed by atoms with van der Waals surface area (Å²) in [6, 6.07) is 6.73. The van der Waals surface area contributed by atoms with Gasteiger partial charge in [-0.1, -0.05) is 6.07 Å². The number of nitrogens with zero attached hydrogens (tertiary/aromatic N) is 4. The van der Waals surface area contributed by atoms with E-state index in [1.807, 2.05) is 43.2 Å². The van der Waals surface area contributed by atoms with Gasteiger partial charge in [0.25, 0.3) is 0 Å². The van der Waals surface area contributed by atoms with Crippen LogP contribution in [0.3, 0.4) is 0 Å². The van der Waals surface area contributed by atoms with Gasteiger partial charge in [0.1, 0.15) is 18.5 Å². The predicted molar refractivity (Wildman–Crippen MR) is 120 cm³/mol. The fraction of sp³-hybridized carbons (Fsp3) is 0.609. The molecule has 1 aromatic heterocycles. The summed E-state index contributed by atoms with van der Waals surface area (Å²) >= 11 is 0. The topological polar surface area (TPSA) is 63.0 Å². The number of aromatic nitrogens is 2. The van der Waals surface area contributed by atoms with E-state index in [-0.39, 0.29) is 6.61 Å². The summed E-state index contributed by atoms with van der Waals surface area (Å²) in [4.78, 5) is 8.91. The lowest BCUT2D eigenvalue weighted by Crippen LogP contribution is -2.37. The number of imidazole rings is 1. The van der Waals surface area contributed by atoms with Crippen molar-refractivity contribution >= 4 is 0 Å². The number of methoxy groups -OCH3 is 1. The maximum Gasteiger partial charge on any atom is 0.161 e. The molecule has 1 heterocycles. The van der Waals surface area contributed by atoms with Crippen molar-refractivity contribution in [2.45, 2.75) is 59.0 Å². The van der Waals surface area contributed by atoms with Crippen molar-refractivity contribution < 1.29 is 14.6 Å². The van der Waals surface area contributed by atoms with Crippen molar-refractivity contribution in [2.24, 2.45) is 7.05 Å². The van der Waals surface area contributed by atoms with Crippen LogP contribution in [-0.4, -0.2) is 70.0 Å². The van der Waals surface area contributed by atoms with Crippen molar-refractivity contribution in [3.63, 3.8) is 0 Å². The summed E-state index contributed by atoms with van der Waals surface area (Å²) in [5.74, 6) is 2.36. The van der Waals surface area contributed by atoms with Gasteiger partial charge in [-0.25, -0.2) is 4.98 Å². The van der Waals surface area contributed by atoms with Crippen molar-refractivity contribution in [1.82, 2.24) is 19.4 Å². The number of benzene rings is 1. The van der Waals surface area contributed by atoms with Gasteiger partial charge in [0, 0.05) is 44.6 Å². The summed E-state index contributed by atoms with van der Waals surface area (Å²) in [5, 5.41) is 10.3. The Hall–Kier alpha value is -2.09.